The van der Waals surface area contributed by atoms with Gasteiger partial charge >= 0.3 is 5.97 Å². The molecule has 0 spiro atoms. The largest absolute Gasteiger partial charge is 0.478 e. The fraction of sp³-hybridized carbons (Fsp3) is 0.429. The van der Waals surface area contributed by atoms with Gasteiger partial charge in [-0.15, -0.1) is 0 Å². The maximum atomic E-state index is 12.3. The van der Waals surface area contributed by atoms with E-state index in [9.17, 15) is 14.7 Å². The van der Waals surface area contributed by atoms with Crippen LogP contribution in [0.15, 0.2) is 12.1 Å². The number of ether oxygens (including phenoxy) is 1. The molecule has 2 atom stereocenters. The van der Waals surface area contributed by atoms with Crippen LogP contribution in [0.1, 0.15) is 30.1 Å². The first-order valence-corrected chi connectivity index (χ1v) is 7.34. The Balaban J connectivity index is 2.27. The second kappa shape index (κ2) is 6.64. The summed E-state index contributed by atoms with van der Waals surface area (Å²) in [6, 6.07) is 2.65. The van der Waals surface area contributed by atoms with Crippen LogP contribution in [0.3, 0.4) is 0 Å². The Labute approximate surface area is 132 Å². The van der Waals surface area contributed by atoms with Crippen molar-refractivity contribution in [1.29, 1.82) is 0 Å². The van der Waals surface area contributed by atoms with E-state index in [0.717, 1.165) is 6.42 Å². The summed E-state index contributed by atoms with van der Waals surface area (Å²) in [6.45, 7) is 2.46. The van der Waals surface area contributed by atoms with Gasteiger partial charge in [0.15, 0.2) is 0 Å². The highest BCUT2D eigenvalue weighted by Crippen LogP contribution is 2.32. The van der Waals surface area contributed by atoms with E-state index in [0.29, 0.717) is 13.0 Å². The van der Waals surface area contributed by atoms with Gasteiger partial charge in [-0.25, -0.2) is 4.79 Å². The molecule has 1 saturated heterocycles. The van der Waals surface area contributed by atoms with Crippen molar-refractivity contribution < 1.29 is 19.4 Å². The summed E-state index contributed by atoms with van der Waals surface area (Å²) in [7, 11) is 0. The molecule has 1 aliphatic heterocycles. The average molecular weight is 332 g/mol. The fourth-order valence-corrected chi connectivity index (χ4v) is 2.98. The highest BCUT2D eigenvalue weighted by molar-refractivity contribution is 6.37. The Morgan fingerprint density at radius 2 is 2.14 bits per heavy atom. The van der Waals surface area contributed by atoms with E-state index in [1.54, 1.807) is 0 Å². The number of carbonyl (C=O) groups excluding carboxylic acids is 1. The molecule has 1 heterocycles. The minimum absolute atomic E-state index is 0.0697. The van der Waals surface area contributed by atoms with Crippen LogP contribution in [0, 0.1) is 5.92 Å². The number of carbonyl (C=O) groups is 2. The van der Waals surface area contributed by atoms with E-state index in [2.05, 4.69) is 5.32 Å². The first kappa shape index (κ1) is 16.1. The second-order valence-corrected chi connectivity index (χ2v) is 5.66. The van der Waals surface area contributed by atoms with Gasteiger partial charge < -0.3 is 15.2 Å². The molecule has 0 saturated carbocycles. The van der Waals surface area contributed by atoms with E-state index in [-0.39, 0.29) is 39.2 Å². The molecule has 21 heavy (non-hydrogen) atoms. The molecular weight excluding hydrogens is 317 g/mol. The van der Waals surface area contributed by atoms with Crippen LogP contribution >= 0.6 is 23.2 Å². The molecule has 1 aromatic carbocycles. The normalized spacial score (nSPS) is 21.3. The zero-order valence-corrected chi connectivity index (χ0v) is 12.9. The predicted molar refractivity (Wildman–Crippen MR) is 80.2 cm³/mol. The molecule has 1 fully saturated rings. The minimum Gasteiger partial charge on any atom is -0.478 e. The van der Waals surface area contributed by atoms with Crippen molar-refractivity contribution in [2.75, 3.05) is 11.9 Å². The number of rotatable bonds is 4. The number of carboxylic acid groups (broad SMARTS) is 1. The third kappa shape index (κ3) is 3.48. The molecule has 0 aromatic heterocycles. The predicted octanol–water partition coefficient (Wildman–Crippen LogP) is 3.45. The lowest BCUT2D eigenvalue weighted by atomic mass is 9.98. The zero-order chi connectivity index (χ0) is 15.6. The van der Waals surface area contributed by atoms with Crippen LogP contribution in [-0.2, 0) is 9.53 Å². The van der Waals surface area contributed by atoms with Gasteiger partial charge in [0.05, 0.1) is 28.3 Å². The SMILES string of the molecule is CCC1OCCC1C(=O)Nc1c(Cl)cc(Cl)cc1C(=O)O. The lowest BCUT2D eigenvalue weighted by molar-refractivity contribution is -0.121. The monoisotopic (exact) mass is 331 g/mol. The first-order chi connectivity index (χ1) is 9.93. The summed E-state index contributed by atoms with van der Waals surface area (Å²) < 4.78 is 5.47. The number of halogens is 2. The third-order valence-corrected chi connectivity index (χ3v) is 4.00. The van der Waals surface area contributed by atoms with E-state index >= 15 is 0 Å². The molecular formula is C14H15Cl2NO4. The number of benzene rings is 1. The van der Waals surface area contributed by atoms with Crippen LogP contribution in [0.2, 0.25) is 10.0 Å². The summed E-state index contributed by atoms with van der Waals surface area (Å²) in [5.74, 6) is -1.79. The van der Waals surface area contributed by atoms with Gasteiger partial charge in [-0.2, -0.15) is 0 Å². The first-order valence-electron chi connectivity index (χ1n) is 6.58. The second-order valence-electron chi connectivity index (χ2n) is 4.82. The van der Waals surface area contributed by atoms with Crippen molar-refractivity contribution in [3.8, 4) is 0 Å². The Kier molecular flexibility index (Phi) is 5.08. The molecule has 2 unspecified atom stereocenters. The Morgan fingerprint density at radius 1 is 1.43 bits per heavy atom. The molecule has 7 heteroatoms. The molecule has 0 radical (unpaired) electrons. The summed E-state index contributed by atoms with van der Waals surface area (Å²) in [5.41, 5.74) is -0.0619. The average Bonchev–Trinajstić information content (AvgIpc) is 2.89. The molecule has 1 aliphatic rings. The van der Waals surface area contributed by atoms with Crippen LogP contribution in [0.4, 0.5) is 5.69 Å². The number of amides is 1. The van der Waals surface area contributed by atoms with Gasteiger partial charge in [0.1, 0.15) is 0 Å². The number of nitrogens with one attached hydrogen (secondary N) is 1. The third-order valence-electron chi connectivity index (χ3n) is 3.48. The highest BCUT2D eigenvalue weighted by Gasteiger charge is 2.33. The lowest BCUT2D eigenvalue weighted by Gasteiger charge is -2.18. The topological polar surface area (TPSA) is 75.6 Å². The van der Waals surface area contributed by atoms with Crippen molar-refractivity contribution in [3.05, 3.63) is 27.7 Å². The van der Waals surface area contributed by atoms with Crippen LogP contribution in [0.25, 0.3) is 0 Å². The quantitative estimate of drug-likeness (QED) is 0.885. The van der Waals surface area contributed by atoms with Crippen LogP contribution in [-0.4, -0.2) is 29.7 Å². The van der Waals surface area contributed by atoms with Crippen molar-refractivity contribution in [1.82, 2.24) is 0 Å². The molecule has 1 amide bonds. The Morgan fingerprint density at radius 3 is 2.76 bits per heavy atom. The summed E-state index contributed by atoms with van der Waals surface area (Å²) >= 11 is 11.8. The van der Waals surface area contributed by atoms with Gasteiger partial charge in [0, 0.05) is 11.6 Å². The molecule has 0 aliphatic carbocycles. The molecule has 2 rings (SSSR count). The van der Waals surface area contributed by atoms with Crippen LogP contribution < -0.4 is 5.32 Å². The van der Waals surface area contributed by atoms with Gasteiger partial charge in [-0.05, 0) is 25.0 Å². The van der Waals surface area contributed by atoms with E-state index in [1.165, 1.54) is 12.1 Å². The number of anilines is 1. The molecule has 0 bridgehead atoms. The van der Waals surface area contributed by atoms with Gasteiger partial charge in [0.25, 0.3) is 0 Å². The number of carboxylic acids is 1. The number of hydrogen-bond acceptors (Lipinski definition) is 3. The molecule has 114 valence electrons. The molecule has 1 aromatic rings. The Bertz CT molecular complexity index is 576. The maximum absolute atomic E-state index is 12.3. The number of aromatic carboxylic acids is 1. The highest BCUT2D eigenvalue weighted by atomic mass is 35.5. The minimum atomic E-state index is -1.20. The van der Waals surface area contributed by atoms with Crippen molar-refractivity contribution in [2.24, 2.45) is 5.92 Å². The van der Waals surface area contributed by atoms with Crippen molar-refractivity contribution in [3.63, 3.8) is 0 Å². The van der Waals surface area contributed by atoms with E-state index in [1.807, 2.05) is 6.92 Å². The lowest BCUT2D eigenvalue weighted by Crippen LogP contribution is -2.30. The Hall–Kier alpha value is -1.30. The maximum Gasteiger partial charge on any atom is 0.337 e. The summed E-state index contributed by atoms with van der Waals surface area (Å²) in [6.07, 6.45) is 1.18. The van der Waals surface area contributed by atoms with Crippen LogP contribution in [0.5, 0.6) is 0 Å². The summed E-state index contributed by atoms with van der Waals surface area (Å²) in [5, 5.41) is 12.1. The molecule has 2 N–H and O–H groups in total. The fourth-order valence-electron chi connectivity index (χ4n) is 2.44. The number of hydrogen-bond donors (Lipinski definition) is 2. The van der Waals surface area contributed by atoms with Gasteiger partial charge in [-0.1, -0.05) is 30.1 Å². The van der Waals surface area contributed by atoms with E-state index < -0.39 is 5.97 Å². The van der Waals surface area contributed by atoms with Gasteiger partial charge in [-0.3, -0.25) is 4.79 Å². The zero-order valence-electron chi connectivity index (χ0n) is 11.4. The summed E-state index contributed by atoms with van der Waals surface area (Å²) in [4.78, 5) is 23.6. The standard InChI is InChI=1S/C14H15Cl2NO4/c1-2-11-8(3-4-21-11)13(18)17-12-9(14(19)20)5-7(15)6-10(12)16/h5-6,8,11H,2-4H2,1H3,(H,17,18)(H,19,20). The smallest absolute Gasteiger partial charge is 0.337 e. The van der Waals surface area contributed by atoms with Gasteiger partial charge in [0.2, 0.25) is 5.91 Å². The van der Waals surface area contributed by atoms with E-state index in [4.69, 9.17) is 27.9 Å². The molecule has 5 nitrogen and oxygen atoms in total. The van der Waals surface area contributed by atoms with Crippen molar-refractivity contribution >= 4 is 40.8 Å². The van der Waals surface area contributed by atoms with Crippen molar-refractivity contribution in [2.45, 2.75) is 25.9 Å².